The first kappa shape index (κ1) is 18.9. The molecule has 5 nitrogen and oxygen atoms in total. The van der Waals surface area contributed by atoms with E-state index in [1.807, 2.05) is 30.3 Å². The topological polar surface area (TPSA) is 44.8 Å². The Hall–Kier alpha value is -3.15. The Morgan fingerprint density at radius 2 is 1.67 bits per heavy atom. The number of nitrogens with zero attached hydrogens (tertiary/aromatic N) is 2. The number of carbonyl (C=O) groups excluding carboxylic acids is 1. The molecule has 152 valence electrons. The maximum Gasteiger partial charge on any atom is 0.255 e. The van der Waals surface area contributed by atoms with Crippen LogP contribution in [0, 0.1) is 0 Å². The van der Waals surface area contributed by atoms with E-state index >= 15 is 0 Å². The number of hydrogen-bond donors (Lipinski definition) is 1. The van der Waals surface area contributed by atoms with Crippen molar-refractivity contribution in [1.82, 2.24) is 15.3 Å². The SMILES string of the molecule is O=C(CN1CCOCC1)N1NC(c2ccc3ccccc3c2)=C[C@@H]1c1ccccc1. The molecular weight excluding hydrogens is 374 g/mol. The summed E-state index contributed by atoms with van der Waals surface area (Å²) in [5.74, 6) is 0.0674. The molecule has 0 unspecified atom stereocenters. The van der Waals surface area contributed by atoms with E-state index in [-0.39, 0.29) is 11.9 Å². The van der Waals surface area contributed by atoms with Crippen molar-refractivity contribution in [3.05, 3.63) is 90.0 Å². The van der Waals surface area contributed by atoms with Crippen LogP contribution in [0.4, 0.5) is 0 Å². The number of hydrogen-bond acceptors (Lipinski definition) is 4. The van der Waals surface area contributed by atoms with E-state index in [1.54, 1.807) is 5.01 Å². The van der Waals surface area contributed by atoms with E-state index in [0.29, 0.717) is 19.8 Å². The second-order valence-corrected chi connectivity index (χ2v) is 7.76. The van der Waals surface area contributed by atoms with Crippen LogP contribution >= 0.6 is 0 Å². The number of morpholine rings is 1. The van der Waals surface area contributed by atoms with Gasteiger partial charge in [-0.1, -0.05) is 66.7 Å². The third-order valence-corrected chi connectivity index (χ3v) is 5.78. The van der Waals surface area contributed by atoms with Gasteiger partial charge in [-0.25, -0.2) is 5.01 Å². The van der Waals surface area contributed by atoms with Gasteiger partial charge in [0, 0.05) is 13.1 Å². The zero-order valence-electron chi connectivity index (χ0n) is 16.8. The molecule has 5 rings (SSSR count). The summed E-state index contributed by atoms with van der Waals surface area (Å²) in [5.41, 5.74) is 6.53. The second-order valence-electron chi connectivity index (χ2n) is 7.76. The fourth-order valence-corrected chi connectivity index (χ4v) is 4.13. The Morgan fingerprint density at radius 3 is 2.47 bits per heavy atom. The molecule has 5 heteroatoms. The van der Waals surface area contributed by atoms with Gasteiger partial charge in [0.25, 0.3) is 5.91 Å². The monoisotopic (exact) mass is 399 g/mol. The van der Waals surface area contributed by atoms with Crippen molar-refractivity contribution >= 4 is 22.4 Å². The van der Waals surface area contributed by atoms with Crippen LogP contribution in [-0.2, 0) is 9.53 Å². The van der Waals surface area contributed by atoms with Crippen molar-refractivity contribution in [3.8, 4) is 0 Å². The van der Waals surface area contributed by atoms with E-state index in [0.717, 1.165) is 29.9 Å². The van der Waals surface area contributed by atoms with E-state index in [1.165, 1.54) is 10.8 Å². The number of nitrogens with one attached hydrogen (secondary N) is 1. The Labute approximate surface area is 176 Å². The number of benzene rings is 3. The van der Waals surface area contributed by atoms with Crippen molar-refractivity contribution in [2.45, 2.75) is 6.04 Å². The van der Waals surface area contributed by atoms with Crippen LogP contribution in [0.5, 0.6) is 0 Å². The first-order chi connectivity index (χ1) is 14.8. The number of ether oxygens (including phenoxy) is 1. The highest BCUT2D eigenvalue weighted by atomic mass is 16.5. The molecule has 0 aromatic heterocycles. The van der Waals surface area contributed by atoms with Crippen molar-refractivity contribution < 1.29 is 9.53 Å². The maximum absolute atomic E-state index is 13.2. The minimum atomic E-state index is -0.138. The molecule has 0 saturated carbocycles. The lowest BCUT2D eigenvalue weighted by Crippen LogP contribution is -2.48. The molecule has 1 N–H and O–H groups in total. The first-order valence-corrected chi connectivity index (χ1v) is 10.4. The van der Waals surface area contributed by atoms with Gasteiger partial charge in [-0.2, -0.15) is 0 Å². The normalized spacial score (nSPS) is 19.5. The predicted molar refractivity (Wildman–Crippen MR) is 118 cm³/mol. The molecule has 2 heterocycles. The minimum Gasteiger partial charge on any atom is -0.379 e. The van der Waals surface area contributed by atoms with Gasteiger partial charge in [0.2, 0.25) is 0 Å². The summed E-state index contributed by atoms with van der Waals surface area (Å²) in [4.78, 5) is 15.4. The van der Waals surface area contributed by atoms with Gasteiger partial charge < -0.3 is 4.74 Å². The molecule has 0 spiro atoms. The lowest BCUT2D eigenvalue weighted by molar-refractivity contribution is -0.136. The third-order valence-electron chi connectivity index (χ3n) is 5.78. The molecule has 2 aliphatic rings. The van der Waals surface area contributed by atoms with Crippen molar-refractivity contribution in [3.63, 3.8) is 0 Å². The van der Waals surface area contributed by atoms with Crippen LogP contribution in [0.3, 0.4) is 0 Å². The fraction of sp³-hybridized carbons (Fsp3) is 0.240. The summed E-state index contributed by atoms with van der Waals surface area (Å²) in [6, 6.07) is 24.8. The molecule has 2 aliphatic heterocycles. The zero-order valence-corrected chi connectivity index (χ0v) is 16.8. The van der Waals surface area contributed by atoms with Gasteiger partial charge in [0.1, 0.15) is 0 Å². The fourth-order valence-electron chi connectivity index (χ4n) is 4.13. The number of rotatable bonds is 4. The van der Waals surface area contributed by atoms with Crippen molar-refractivity contribution in [1.29, 1.82) is 0 Å². The number of amides is 1. The molecule has 1 amide bonds. The molecule has 1 fully saturated rings. The van der Waals surface area contributed by atoms with Crippen molar-refractivity contribution in [2.24, 2.45) is 0 Å². The molecule has 0 radical (unpaired) electrons. The predicted octanol–water partition coefficient (Wildman–Crippen LogP) is 3.60. The first-order valence-electron chi connectivity index (χ1n) is 10.4. The number of fused-ring (bicyclic) bond motifs is 1. The van der Waals surface area contributed by atoms with Gasteiger partial charge in [0.05, 0.1) is 31.5 Å². The van der Waals surface area contributed by atoms with Gasteiger partial charge >= 0.3 is 0 Å². The van der Waals surface area contributed by atoms with E-state index in [4.69, 9.17) is 4.74 Å². The second kappa shape index (κ2) is 8.30. The molecule has 3 aromatic rings. The summed E-state index contributed by atoms with van der Waals surface area (Å²) in [6.07, 6.45) is 2.15. The van der Waals surface area contributed by atoms with Crippen LogP contribution in [0.25, 0.3) is 16.5 Å². The van der Waals surface area contributed by atoms with E-state index < -0.39 is 0 Å². The lowest BCUT2D eigenvalue weighted by Gasteiger charge is -2.30. The smallest absolute Gasteiger partial charge is 0.255 e. The van der Waals surface area contributed by atoms with Gasteiger partial charge in [-0.15, -0.1) is 0 Å². The third kappa shape index (κ3) is 3.82. The molecule has 0 bridgehead atoms. The highest BCUT2D eigenvalue weighted by Crippen LogP contribution is 2.32. The Bertz CT molecular complexity index is 1070. The number of hydrazine groups is 1. The molecule has 1 atom stereocenters. The van der Waals surface area contributed by atoms with Gasteiger partial charge in [-0.05, 0) is 34.0 Å². The number of carbonyl (C=O) groups is 1. The Balaban J connectivity index is 1.44. The van der Waals surface area contributed by atoms with E-state index in [9.17, 15) is 4.79 Å². The van der Waals surface area contributed by atoms with Crippen LogP contribution in [0.15, 0.2) is 78.9 Å². The maximum atomic E-state index is 13.2. The highest BCUT2D eigenvalue weighted by Gasteiger charge is 2.31. The van der Waals surface area contributed by atoms with Crippen molar-refractivity contribution in [2.75, 3.05) is 32.8 Å². The van der Waals surface area contributed by atoms with Gasteiger partial charge in [-0.3, -0.25) is 15.1 Å². The molecule has 0 aliphatic carbocycles. The summed E-state index contributed by atoms with van der Waals surface area (Å²) in [7, 11) is 0. The largest absolute Gasteiger partial charge is 0.379 e. The standard InChI is InChI=1S/C25H25N3O2/c29-25(18-27-12-14-30-15-13-27)28-24(20-7-2-1-3-8-20)17-23(26-28)22-11-10-19-6-4-5-9-21(19)16-22/h1-11,16-17,24,26H,12-15,18H2/t24-/m1/s1. The Morgan fingerprint density at radius 1 is 0.933 bits per heavy atom. The minimum absolute atomic E-state index is 0.0674. The highest BCUT2D eigenvalue weighted by molar-refractivity contribution is 5.88. The quantitative estimate of drug-likeness (QED) is 0.728. The average Bonchev–Trinajstić information content (AvgIpc) is 3.26. The summed E-state index contributed by atoms with van der Waals surface area (Å²) < 4.78 is 5.41. The zero-order chi connectivity index (χ0) is 20.3. The molecule has 1 saturated heterocycles. The van der Waals surface area contributed by atoms with Crippen LogP contribution in [0.2, 0.25) is 0 Å². The molecule has 3 aromatic carbocycles. The summed E-state index contributed by atoms with van der Waals surface area (Å²) >= 11 is 0. The average molecular weight is 399 g/mol. The Kier molecular flexibility index (Phi) is 5.22. The summed E-state index contributed by atoms with van der Waals surface area (Å²) in [5, 5.41) is 4.17. The van der Waals surface area contributed by atoms with Crippen LogP contribution < -0.4 is 5.43 Å². The molecular formula is C25H25N3O2. The van der Waals surface area contributed by atoms with Gasteiger partial charge in [0.15, 0.2) is 0 Å². The van der Waals surface area contributed by atoms with Crippen LogP contribution in [-0.4, -0.2) is 48.7 Å². The van der Waals surface area contributed by atoms with Crippen LogP contribution in [0.1, 0.15) is 17.2 Å². The van der Waals surface area contributed by atoms with E-state index in [2.05, 4.69) is 58.9 Å². The molecule has 30 heavy (non-hydrogen) atoms. The summed E-state index contributed by atoms with van der Waals surface area (Å²) in [6.45, 7) is 3.34. The lowest BCUT2D eigenvalue weighted by atomic mass is 10.0.